The van der Waals surface area contributed by atoms with Crippen LogP contribution in [-0.2, 0) is 6.54 Å². The van der Waals surface area contributed by atoms with Gasteiger partial charge in [0.1, 0.15) is 17.3 Å². The second kappa shape index (κ2) is 9.51. The van der Waals surface area contributed by atoms with Crippen molar-refractivity contribution in [2.75, 3.05) is 24.5 Å². The van der Waals surface area contributed by atoms with Crippen LogP contribution in [0.25, 0.3) is 11.3 Å². The molecule has 1 saturated carbocycles. The fraction of sp³-hybridized carbons (Fsp3) is 0.360. The Labute approximate surface area is 186 Å². The Hall–Kier alpha value is -3.22. The Bertz CT molecular complexity index is 1060. The Balaban J connectivity index is 1.72. The Morgan fingerprint density at radius 2 is 1.59 bits per heavy atom. The summed E-state index contributed by atoms with van der Waals surface area (Å²) in [5.74, 6) is 0.211. The highest BCUT2D eigenvalue weighted by Gasteiger charge is 2.30. The van der Waals surface area contributed by atoms with E-state index in [1.807, 2.05) is 18.7 Å². The molecular formula is C25H27F2N3O2. The van der Waals surface area contributed by atoms with Crippen molar-refractivity contribution >= 4 is 11.8 Å². The number of carbonyl (C=O) groups excluding carboxylic acids is 1. The summed E-state index contributed by atoms with van der Waals surface area (Å²) in [6, 6.07) is 11.7. The molecular weight excluding hydrogens is 412 g/mol. The first-order valence-corrected chi connectivity index (χ1v) is 11.0. The number of benzene rings is 2. The van der Waals surface area contributed by atoms with Gasteiger partial charge in [-0.3, -0.25) is 4.79 Å². The van der Waals surface area contributed by atoms with E-state index < -0.39 is 0 Å². The molecule has 0 unspecified atom stereocenters. The minimum atomic E-state index is -0.378. The van der Waals surface area contributed by atoms with E-state index in [9.17, 15) is 13.6 Å². The number of amides is 1. The lowest BCUT2D eigenvalue weighted by molar-refractivity contribution is 0.0735. The summed E-state index contributed by atoms with van der Waals surface area (Å²) in [5.41, 5.74) is 2.55. The Morgan fingerprint density at radius 3 is 2.16 bits per heavy atom. The molecule has 4 rings (SSSR count). The van der Waals surface area contributed by atoms with E-state index in [-0.39, 0.29) is 17.5 Å². The number of aromatic nitrogens is 1. The lowest BCUT2D eigenvalue weighted by atomic mass is 10.1. The van der Waals surface area contributed by atoms with Crippen molar-refractivity contribution in [3.05, 3.63) is 71.3 Å². The first-order chi connectivity index (χ1) is 15.5. The van der Waals surface area contributed by atoms with Gasteiger partial charge in [0.2, 0.25) is 5.88 Å². The van der Waals surface area contributed by atoms with Crippen molar-refractivity contribution in [3.8, 4) is 11.3 Å². The second-order valence-electron chi connectivity index (χ2n) is 8.13. The predicted molar refractivity (Wildman–Crippen MR) is 119 cm³/mol. The van der Waals surface area contributed by atoms with E-state index in [1.165, 1.54) is 36.4 Å². The molecule has 168 valence electrons. The van der Waals surface area contributed by atoms with E-state index in [1.54, 1.807) is 17.0 Å². The molecule has 0 spiro atoms. The molecule has 0 bridgehead atoms. The van der Waals surface area contributed by atoms with Crippen molar-refractivity contribution < 1.29 is 18.1 Å². The molecule has 0 saturated heterocycles. The van der Waals surface area contributed by atoms with Gasteiger partial charge in [-0.2, -0.15) is 0 Å². The van der Waals surface area contributed by atoms with Gasteiger partial charge >= 0.3 is 0 Å². The highest BCUT2D eigenvalue weighted by atomic mass is 19.1. The van der Waals surface area contributed by atoms with Crippen molar-refractivity contribution in [1.29, 1.82) is 0 Å². The van der Waals surface area contributed by atoms with Gasteiger partial charge in [-0.1, -0.05) is 5.16 Å². The minimum absolute atomic E-state index is 0.159. The van der Waals surface area contributed by atoms with Crippen molar-refractivity contribution in [1.82, 2.24) is 10.1 Å². The minimum Gasteiger partial charge on any atom is -0.341 e. The van der Waals surface area contributed by atoms with Crippen molar-refractivity contribution in [2.24, 2.45) is 5.92 Å². The third-order valence-corrected chi connectivity index (χ3v) is 5.84. The fourth-order valence-electron chi connectivity index (χ4n) is 3.83. The largest absolute Gasteiger partial charge is 0.341 e. The fourth-order valence-corrected chi connectivity index (χ4v) is 3.83. The van der Waals surface area contributed by atoms with Crippen LogP contribution in [0.15, 0.2) is 53.1 Å². The maximum Gasteiger partial charge on any atom is 0.254 e. The maximum atomic E-state index is 13.5. The molecule has 1 aromatic heterocycles. The maximum absolute atomic E-state index is 13.5. The highest BCUT2D eigenvalue weighted by molar-refractivity contribution is 5.94. The molecule has 0 atom stereocenters. The third-order valence-electron chi connectivity index (χ3n) is 5.84. The summed E-state index contributed by atoms with van der Waals surface area (Å²) in [5, 5.41) is 4.30. The van der Waals surface area contributed by atoms with Gasteiger partial charge in [0.15, 0.2) is 0 Å². The Morgan fingerprint density at radius 1 is 1.00 bits per heavy atom. The van der Waals surface area contributed by atoms with E-state index in [0.29, 0.717) is 36.1 Å². The van der Waals surface area contributed by atoms with Crippen LogP contribution in [0.2, 0.25) is 0 Å². The van der Waals surface area contributed by atoms with Gasteiger partial charge in [0.05, 0.1) is 12.1 Å². The summed E-state index contributed by atoms with van der Waals surface area (Å²) >= 11 is 0. The molecule has 1 aliphatic rings. The SMILES string of the molecule is CCN(CC)c1onc(-c2ccc(F)cc2)c1CN(CC1CC1)C(=O)c1ccc(F)cc1. The summed E-state index contributed by atoms with van der Waals surface area (Å²) in [4.78, 5) is 17.2. The average molecular weight is 440 g/mol. The number of carbonyl (C=O) groups is 1. The first-order valence-electron chi connectivity index (χ1n) is 11.0. The lowest BCUT2D eigenvalue weighted by Gasteiger charge is -2.25. The van der Waals surface area contributed by atoms with Gasteiger partial charge in [-0.05, 0) is 81.1 Å². The number of nitrogens with zero attached hydrogens (tertiary/aromatic N) is 3. The monoisotopic (exact) mass is 439 g/mol. The van der Waals surface area contributed by atoms with Gasteiger partial charge in [-0.15, -0.1) is 0 Å². The molecule has 1 aliphatic carbocycles. The normalized spacial score (nSPS) is 13.2. The zero-order valence-electron chi connectivity index (χ0n) is 18.4. The first kappa shape index (κ1) is 22.0. The number of hydrogen-bond acceptors (Lipinski definition) is 4. The van der Waals surface area contributed by atoms with Gasteiger partial charge in [0, 0.05) is 30.8 Å². The quantitative estimate of drug-likeness (QED) is 0.441. The molecule has 0 aliphatic heterocycles. The zero-order valence-corrected chi connectivity index (χ0v) is 18.4. The van der Waals surface area contributed by atoms with Crippen LogP contribution in [0, 0.1) is 17.6 Å². The third kappa shape index (κ3) is 4.82. The molecule has 1 fully saturated rings. The molecule has 3 aromatic rings. The van der Waals surface area contributed by atoms with Crippen molar-refractivity contribution in [3.63, 3.8) is 0 Å². The van der Waals surface area contributed by atoms with E-state index in [2.05, 4.69) is 5.16 Å². The Kier molecular flexibility index (Phi) is 6.53. The number of anilines is 1. The second-order valence-corrected chi connectivity index (χ2v) is 8.13. The summed E-state index contributed by atoms with van der Waals surface area (Å²) in [6.45, 7) is 6.40. The number of hydrogen-bond donors (Lipinski definition) is 0. The number of halogens is 2. The summed E-state index contributed by atoms with van der Waals surface area (Å²) in [6.07, 6.45) is 2.18. The molecule has 1 heterocycles. The zero-order chi connectivity index (χ0) is 22.7. The van der Waals surface area contributed by atoms with Crippen LogP contribution >= 0.6 is 0 Å². The molecule has 0 radical (unpaired) electrons. The molecule has 2 aromatic carbocycles. The van der Waals surface area contributed by atoms with Gasteiger partial charge in [-0.25, -0.2) is 8.78 Å². The summed E-state index contributed by atoms with van der Waals surface area (Å²) in [7, 11) is 0. The van der Waals surface area contributed by atoms with Crippen LogP contribution in [0.3, 0.4) is 0 Å². The smallest absolute Gasteiger partial charge is 0.254 e. The van der Waals surface area contributed by atoms with Gasteiger partial charge in [0.25, 0.3) is 5.91 Å². The van der Waals surface area contributed by atoms with Crippen molar-refractivity contribution in [2.45, 2.75) is 33.2 Å². The molecule has 5 nitrogen and oxygen atoms in total. The van der Waals surface area contributed by atoms with Crippen LogP contribution in [0.4, 0.5) is 14.7 Å². The van der Waals surface area contributed by atoms with E-state index >= 15 is 0 Å². The topological polar surface area (TPSA) is 49.6 Å². The van der Waals surface area contributed by atoms with Crippen LogP contribution in [0.1, 0.15) is 42.6 Å². The average Bonchev–Trinajstić information content (AvgIpc) is 3.53. The van der Waals surface area contributed by atoms with Gasteiger partial charge < -0.3 is 14.3 Å². The van der Waals surface area contributed by atoms with E-state index in [4.69, 9.17) is 4.52 Å². The molecule has 1 amide bonds. The number of rotatable bonds is 9. The van der Waals surface area contributed by atoms with Crippen LogP contribution in [-0.4, -0.2) is 35.6 Å². The standard InChI is InChI=1S/C25H27F2N3O2/c1-3-29(4-2)25-22(23(28-32-25)18-7-11-20(26)12-8-18)16-30(15-17-5-6-17)24(31)19-9-13-21(27)14-10-19/h7-14,17H,3-6,15-16H2,1-2H3. The highest BCUT2D eigenvalue weighted by Crippen LogP contribution is 2.35. The molecule has 32 heavy (non-hydrogen) atoms. The molecule has 0 N–H and O–H groups in total. The molecule has 7 heteroatoms. The lowest BCUT2D eigenvalue weighted by Crippen LogP contribution is -2.33. The van der Waals surface area contributed by atoms with E-state index in [0.717, 1.165) is 37.1 Å². The summed E-state index contributed by atoms with van der Waals surface area (Å²) < 4.78 is 32.6. The van der Waals surface area contributed by atoms with Crippen LogP contribution < -0.4 is 4.90 Å². The predicted octanol–water partition coefficient (Wildman–Crippen LogP) is 5.52. The van der Waals surface area contributed by atoms with Crippen LogP contribution in [0.5, 0.6) is 0 Å².